The maximum atomic E-state index is 12.2. The van der Waals surface area contributed by atoms with Gasteiger partial charge in [-0.05, 0) is 19.9 Å². The third-order valence-electron chi connectivity index (χ3n) is 3.09. The van der Waals surface area contributed by atoms with Crippen LogP contribution in [0.4, 0.5) is 5.69 Å². The number of nitrogens with one attached hydrogen (secondary N) is 2. The highest BCUT2D eigenvalue weighted by Gasteiger charge is 2.22. The number of nitro benzene ring substituents is 1. The smallest absolute Gasteiger partial charge is 0.325 e. The van der Waals surface area contributed by atoms with Crippen molar-refractivity contribution >= 4 is 34.3 Å². The van der Waals surface area contributed by atoms with Crippen molar-refractivity contribution in [1.29, 1.82) is 0 Å². The molecule has 126 valence electrons. The highest BCUT2D eigenvalue weighted by molar-refractivity contribution is 6.45. The Labute approximate surface area is 136 Å². The van der Waals surface area contributed by atoms with Crippen LogP contribution in [0.5, 0.6) is 0 Å². The fraction of sp³-hybridized carbons (Fsp3) is 0.267. The second-order valence-electron chi connectivity index (χ2n) is 5.24. The Kier molecular flexibility index (Phi) is 4.93. The first-order valence-corrected chi connectivity index (χ1v) is 7.07. The number of nitrogens with zero attached hydrogens (tertiary/aromatic N) is 1. The Balaban J connectivity index is 2.15. The van der Waals surface area contributed by atoms with Crippen LogP contribution < -0.4 is 5.32 Å². The Morgan fingerprint density at radius 1 is 1.33 bits per heavy atom. The average molecular weight is 333 g/mol. The van der Waals surface area contributed by atoms with Crippen molar-refractivity contribution in [2.45, 2.75) is 20.0 Å². The Bertz CT molecular complexity index is 824. The van der Waals surface area contributed by atoms with Gasteiger partial charge in [0.2, 0.25) is 0 Å². The number of aromatic nitrogens is 1. The highest BCUT2D eigenvalue weighted by Crippen LogP contribution is 2.24. The van der Waals surface area contributed by atoms with Gasteiger partial charge in [0, 0.05) is 29.2 Å². The van der Waals surface area contributed by atoms with E-state index in [0.717, 1.165) is 0 Å². The number of fused-ring (bicyclic) bond motifs is 1. The number of hydrogen-bond donors (Lipinski definition) is 2. The number of non-ortho nitro benzene ring substituents is 1. The van der Waals surface area contributed by atoms with E-state index in [1.165, 1.54) is 24.4 Å². The largest absolute Gasteiger partial charge is 0.462 e. The summed E-state index contributed by atoms with van der Waals surface area (Å²) in [7, 11) is 0. The van der Waals surface area contributed by atoms with Crippen molar-refractivity contribution in [2.75, 3.05) is 6.54 Å². The molecule has 1 aromatic heterocycles. The van der Waals surface area contributed by atoms with E-state index in [1.54, 1.807) is 13.8 Å². The third kappa shape index (κ3) is 3.75. The first-order chi connectivity index (χ1) is 11.3. The van der Waals surface area contributed by atoms with Crippen molar-refractivity contribution in [3.05, 3.63) is 40.1 Å². The van der Waals surface area contributed by atoms with Gasteiger partial charge in [0.15, 0.2) is 0 Å². The molecule has 0 saturated heterocycles. The van der Waals surface area contributed by atoms with Crippen LogP contribution in [0.1, 0.15) is 24.2 Å². The number of carbonyl (C=O) groups is 3. The van der Waals surface area contributed by atoms with E-state index < -0.39 is 29.1 Å². The van der Waals surface area contributed by atoms with Gasteiger partial charge in [-0.25, -0.2) is 0 Å². The number of ether oxygens (including phenoxy) is 1. The number of esters is 1. The number of nitro groups is 1. The first-order valence-electron chi connectivity index (χ1n) is 7.07. The standard InChI is InChI=1S/C15H15N3O6/c1-8(2)24-13(19)7-17-15(21)14(20)11-6-16-12-4-3-9(18(22)23)5-10(11)12/h3-6,8,16H,7H2,1-2H3,(H,17,21). The Morgan fingerprint density at radius 2 is 2.04 bits per heavy atom. The molecule has 1 amide bonds. The van der Waals surface area contributed by atoms with Crippen LogP contribution in [0, 0.1) is 10.1 Å². The molecule has 0 atom stereocenters. The van der Waals surface area contributed by atoms with Crippen LogP contribution in [0.2, 0.25) is 0 Å². The van der Waals surface area contributed by atoms with Gasteiger partial charge in [0.1, 0.15) is 6.54 Å². The van der Waals surface area contributed by atoms with Crippen molar-refractivity contribution in [1.82, 2.24) is 10.3 Å². The summed E-state index contributed by atoms with van der Waals surface area (Å²) in [6.45, 7) is 2.87. The molecule has 0 radical (unpaired) electrons. The van der Waals surface area contributed by atoms with Gasteiger partial charge in [0.05, 0.1) is 16.6 Å². The molecular formula is C15H15N3O6. The number of carbonyl (C=O) groups excluding carboxylic acids is 3. The second kappa shape index (κ2) is 6.90. The van der Waals surface area contributed by atoms with Crippen LogP contribution in [-0.2, 0) is 14.3 Å². The van der Waals surface area contributed by atoms with Crippen molar-refractivity contribution in [3.8, 4) is 0 Å². The van der Waals surface area contributed by atoms with Crippen LogP contribution in [-0.4, -0.2) is 40.2 Å². The number of rotatable bonds is 6. The van der Waals surface area contributed by atoms with Crippen molar-refractivity contribution in [2.24, 2.45) is 0 Å². The summed E-state index contributed by atoms with van der Waals surface area (Å²) in [5.41, 5.74) is 0.275. The zero-order valence-corrected chi connectivity index (χ0v) is 13.0. The Hall–Kier alpha value is -3.23. The van der Waals surface area contributed by atoms with E-state index in [1.807, 2.05) is 0 Å². The van der Waals surface area contributed by atoms with Gasteiger partial charge in [-0.15, -0.1) is 0 Å². The number of hydrogen-bond acceptors (Lipinski definition) is 6. The molecule has 2 aromatic rings. The van der Waals surface area contributed by atoms with E-state index in [0.29, 0.717) is 5.52 Å². The van der Waals surface area contributed by atoms with E-state index in [2.05, 4.69) is 10.3 Å². The molecule has 0 bridgehead atoms. The van der Waals surface area contributed by atoms with E-state index in [4.69, 9.17) is 4.74 Å². The lowest BCUT2D eigenvalue weighted by Gasteiger charge is -2.08. The molecule has 0 aliphatic carbocycles. The minimum absolute atomic E-state index is 0.0107. The summed E-state index contributed by atoms with van der Waals surface area (Å²) in [6.07, 6.45) is 0.960. The van der Waals surface area contributed by atoms with Gasteiger partial charge in [-0.1, -0.05) is 0 Å². The lowest BCUT2D eigenvalue weighted by atomic mass is 10.1. The molecule has 2 N–H and O–H groups in total. The Morgan fingerprint density at radius 3 is 2.67 bits per heavy atom. The summed E-state index contributed by atoms with van der Waals surface area (Å²) < 4.78 is 4.84. The molecule has 0 spiro atoms. The summed E-state index contributed by atoms with van der Waals surface area (Å²) in [5.74, 6) is -2.57. The summed E-state index contributed by atoms with van der Waals surface area (Å²) in [4.78, 5) is 48.4. The molecule has 0 saturated carbocycles. The summed E-state index contributed by atoms with van der Waals surface area (Å²) >= 11 is 0. The minimum Gasteiger partial charge on any atom is -0.462 e. The van der Waals surface area contributed by atoms with Crippen LogP contribution >= 0.6 is 0 Å². The summed E-state index contributed by atoms with van der Waals surface area (Å²) in [5, 5.41) is 13.3. The minimum atomic E-state index is -0.997. The number of H-pyrrole nitrogens is 1. The van der Waals surface area contributed by atoms with Crippen LogP contribution in [0.15, 0.2) is 24.4 Å². The quantitative estimate of drug-likeness (QED) is 0.269. The number of amides is 1. The maximum Gasteiger partial charge on any atom is 0.325 e. The third-order valence-corrected chi connectivity index (χ3v) is 3.09. The number of aromatic amines is 1. The lowest BCUT2D eigenvalue weighted by molar-refractivity contribution is -0.384. The van der Waals surface area contributed by atoms with Crippen molar-refractivity contribution in [3.63, 3.8) is 0 Å². The molecule has 0 aliphatic rings. The zero-order chi connectivity index (χ0) is 17.9. The number of ketones is 1. The predicted molar refractivity (Wildman–Crippen MR) is 83.5 cm³/mol. The SMILES string of the molecule is CC(C)OC(=O)CNC(=O)C(=O)c1c[nH]c2ccc([N+](=O)[O-])cc12. The highest BCUT2D eigenvalue weighted by atomic mass is 16.6. The monoisotopic (exact) mass is 333 g/mol. The van der Waals surface area contributed by atoms with Gasteiger partial charge in [-0.3, -0.25) is 24.5 Å². The fourth-order valence-corrected chi connectivity index (χ4v) is 2.07. The van der Waals surface area contributed by atoms with Gasteiger partial charge in [-0.2, -0.15) is 0 Å². The molecule has 9 nitrogen and oxygen atoms in total. The van der Waals surface area contributed by atoms with Gasteiger partial charge >= 0.3 is 5.97 Å². The van der Waals surface area contributed by atoms with E-state index in [-0.39, 0.29) is 22.7 Å². The molecule has 0 aliphatic heterocycles. The maximum absolute atomic E-state index is 12.2. The van der Waals surface area contributed by atoms with E-state index in [9.17, 15) is 24.5 Å². The normalized spacial score (nSPS) is 10.6. The van der Waals surface area contributed by atoms with E-state index >= 15 is 0 Å². The fourth-order valence-electron chi connectivity index (χ4n) is 2.07. The molecule has 24 heavy (non-hydrogen) atoms. The summed E-state index contributed by atoms with van der Waals surface area (Å²) in [6, 6.07) is 3.94. The predicted octanol–water partition coefficient (Wildman–Crippen LogP) is 1.33. The lowest BCUT2D eigenvalue weighted by Crippen LogP contribution is -2.36. The molecule has 0 unspecified atom stereocenters. The van der Waals surface area contributed by atoms with Crippen LogP contribution in [0.3, 0.4) is 0 Å². The second-order valence-corrected chi connectivity index (χ2v) is 5.24. The van der Waals surface area contributed by atoms with Gasteiger partial charge < -0.3 is 15.0 Å². The number of benzene rings is 1. The molecular weight excluding hydrogens is 318 g/mol. The first kappa shape index (κ1) is 17.1. The average Bonchev–Trinajstić information content (AvgIpc) is 2.94. The van der Waals surface area contributed by atoms with Crippen molar-refractivity contribution < 1.29 is 24.0 Å². The zero-order valence-electron chi connectivity index (χ0n) is 13.0. The molecule has 1 aromatic carbocycles. The molecule has 0 fully saturated rings. The van der Waals surface area contributed by atoms with Gasteiger partial charge in [0.25, 0.3) is 17.4 Å². The molecule has 1 heterocycles. The number of Topliss-reactive ketones (excluding diaryl/α,β-unsaturated/α-hetero) is 1. The topological polar surface area (TPSA) is 131 Å². The van der Waals surface area contributed by atoms with Crippen LogP contribution in [0.25, 0.3) is 10.9 Å². The molecule has 2 rings (SSSR count). The molecule has 9 heteroatoms.